The third kappa shape index (κ3) is 5.25. The minimum atomic E-state index is -3.35. The maximum absolute atomic E-state index is 12.6. The molecule has 1 amide bonds. The van der Waals surface area contributed by atoms with Gasteiger partial charge in [0.15, 0.2) is 5.78 Å². The number of nitrogens with zero attached hydrogens (tertiary/aromatic N) is 1. The molecule has 160 valence electrons. The number of aryl methyl sites for hydroxylation is 2. The standard InChI is InChI=1S/C22H27N3O4S/c1-15-5-4-6-18-9-12-21(27)25(22(15)18)16(2)13-23-14-20(26)17-7-10-19(11-8-17)24-30(3,28)29/h4-8,10-11,16,23-24H,9,12-14H2,1-3H3. The number of ketones is 1. The first-order valence-electron chi connectivity index (χ1n) is 9.88. The van der Waals surface area contributed by atoms with Crippen LogP contribution in [0, 0.1) is 6.92 Å². The van der Waals surface area contributed by atoms with Gasteiger partial charge < -0.3 is 10.2 Å². The van der Waals surface area contributed by atoms with E-state index in [1.165, 1.54) is 5.56 Å². The van der Waals surface area contributed by atoms with Crippen LogP contribution in [0.1, 0.15) is 34.8 Å². The minimum Gasteiger partial charge on any atom is -0.308 e. The lowest BCUT2D eigenvalue weighted by Gasteiger charge is -2.35. The molecule has 0 aromatic heterocycles. The third-order valence-electron chi connectivity index (χ3n) is 5.12. The first-order chi connectivity index (χ1) is 14.2. The van der Waals surface area contributed by atoms with Crippen molar-refractivity contribution in [2.45, 2.75) is 32.7 Å². The zero-order valence-corrected chi connectivity index (χ0v) is 18.3. The molecule has 1 aliphatic rings. The summed E-state index contributed by atoms with van der Waals surface area (Å²) >= 11 is 0. The van der Waals surface area contributed by atoms with E-state index in [9.17, 15) is 18.0 Å². The van der Waals surface area contributed by atoms with Gasteiger partial charge in [0, 0.05) is 30.3 Å². The van der Waals surface area contributed by atoms with E-state index < -0.39 is 10.0 Å². The average Bonchev–Trinajstić information content (AvgIpc) is 2.67. The fourth-order valence-corrected chi connectivity index (χ4v) is 4.31. The van der Waals surface area contributed by atoms with Crippen molar-refractivity contribution >= 4 is 33.1 Å². The minimum absolute atomic E-state index is 0.0909. The summed E-state index contributed by atoms with van der Waals surface area (Å²) in [5.41, 5.74) is 4.15. The van der Waals surface area contributed by atoms with E-state index in [4.69, 9.17) is 0 Å². The lowest BCUT2D eigenvalue weighted by atomic mass is 9.96. The maximum Gasteiger partial charge on any atom is 0.229 e. The molecule has 0 radical (unpaired) electrons. The number of nitrogens with one attached hydrogen (secondary N) is 2. The van der Waals surface area contributed by atoms with Gasteiger partial charge in [-0.2, -0.15) is 0 Å². The van der Waals surface area contributed by atoms with Gasteiger partial charge >= 0.3 is 0 Å². The molecule has 3 rings (SSSR count). The molecule has 0 fully saturated rings. The fraction of sp³-hybridized carbons (Fsp3) is 0.364. The van der Waals surface area contributed by atoms with E-state index in [1.54, 1.807) is 24.3 Å². The SMILES string of the molecule is Cc1cccc2c1N(C(C)CNCC(=O)c1ccc(NS(C)(=O)=O)cc1)C(=O)CC2. The maximum atomic E-state index is 12.6. The number of amides is 1. The molecule has 1 atom stereocenters. The van der Waals surface area contributed by atoms with Crippen LogP contribution in [0.5, 0.6) is 0 Å². The van der Waals surface area contributed by atoms with Crippen LogP contribution in [0.25, 0.3) is 0 Å². The second kappa shape index (κ2) is 8.97. The highest BCUT2D eigenvalue weighted by molar-refractivity contribution is 7.92. The number of rotatable bonds is 8. The molecule has 1 aliphatic heterocycles. The average molecular weight is 430 g/mol. The number of benzene rings is 2. The highest BCUT2D eigenvalue weighted by atomic mass is 32.2. The molecule has 2 aromatic carbocycles. The summed E-state index contributed by atoms with van der Waals surface area (Å²) in [5.74, 6) is 0.000971. The number of carbonyl (C=O) groups is 2. The topological polar surface area (TPSA) is 95.6 Å². The van der Waals surface area contributed by atoms with Crippen molar-refractivity contribution < 1.29 is 18.0 Å². The summed E-state index contributed by atoms with van der Waals surface area (Å²) in [7, 11) is -3.35. The summed E-state index contributed by atoms with van der Waals surface area (Å²) < 4.78 is 24.9. The van der Waals surface area contributed by atoms with Crippen LogP contribution in [0.2, 0.25) is 0 Å². The van der Waals surface area contributed by atoms with E-state index in [1.807, 2.05) is 30.9 Å². The highest BCUT2D eigenvalue weighted by Gasteiger charge is 2.29. The Balaban J connectivity index is 1.59. The number of hydrogen-bond donors (Lipinski definition) is 2. The zero-order chi connectivity index (χ0) is 21.9. The van der Waals surface area contributed by atoms with Crippen LogP contribution in [0.4, 0.5) is 11.4 Å². The van der Waals surface area contributed by atoms with Crippen molar-refractivity contribution in [1.29, 1.82) is 0 Å². The number of anilines is 2. The van der Waals surface area contributed by atoms with Gasteiger partial charge in [0.05, 0.1) is 18.5 Å². The van der Waals surface area contributed by atoms with Gasteiger partial charge in [-0.3, -0.25) is 14.3 Å². The quantitative estimate of drug-likeness (QED) is 0.629. The van der Waals surface area contributed by atoms with Crippen LogP contribution in [0.3, 0.4) is 0 Å². The Bertz CT molecular complexity index is 1050. The van der Waals surface area contributed by atoms with Crippen LogP contribution < -0.4 is 14.9 Å². The van der Waals surface area contributed by atoms with Gasteiger partial charge in [-0.25, -0.2) is 8.42 Å². The molecule has 7 nitrogen and oxygen atoms in total. The van der Waals surface area contributed by atoms with Gasteiger partial charge in [0.2, 0.25) is 15.9 Å². The molecule has 0 bridgehead atoms. The van der Waals surface area contributed by atoms with E-state index in [0.29, 0.717) is 24.2 Å². The molecule has 8 heteroatoms. The van der Waals surface area contributed by atoms with Crippen LogP contribution in [-0.2, 0) is 21.2 Å². The number of carbonyl (C=O) groups excluding carboxylic acids is 2. The summed E-state index contributed by atoms with van der Waals surface area (Å²) in [6.45, 7) is 4.60. The van der Waals surface area contributed by atoms with Crippen molar-refractivity contribution in [3.05, 3.63) is 59.2 Å². The molecule has 0 saturated carbocycles. The first kappa shape index (κ1) is 22.0. The van der Waals surface area contributed by atoms with Crippen molar-refractivity contribution in [1.82, 2.24) is 5.32 Å². The monoisotopic (exact) mass is 429 g/mol. The molecular weight excluding hydrogens is 402 g/mol. The number of para-hydroxylation sites is 1. The Morgan fingerprint density at radius 1 is 1.13 bits per heavy atom. The van der Waals surface area contributed by atoms with E-state index in [0.717, 1.165) is 23.9 Å². The fourth-order valence-electron chi connectivity index (χ4n) is 3.75. The van der Waals surface area contributed by atoms with Crippen molar-refractivity contribution in [3.8, 4) is 0 Å². The normalized spacial score (nSPS) is 14.9. The predicted molar refractivity (Wildman–Crippen MR) is 119 cm³/mol. The summed E-state index contributed by atoms with van der Waals surface area (Å²) in [4.78, 5) is 26.9. The van der Waals surface area contributed by atoms with E-state index >= 15 is 0 Å². The van der Waals surface area contributed by atoms with Crippen LogP contribution >= 0.6 is 0 Å². The molecule has 0 saturated heterocycles. The smallest absolute Gasteiger partial charge is 0.229 e. The third-order valence-corrected chi connectivity index (χ3v) is 5.72. The van der Waals surface area contributed by atoms with Crippen LogP contribution in [0.15, 0.2) is 42.5 Å². The lowest BCUT2D eigenvalue weighted by Crippen LogP contribution is -2.47. The summed E-state index contributed by atoms with van der Waals surface area (Å²) in [5, 5.41) is 3.15. The van der Waals surface area contributed by atoms with Crippen LogP contribution in [-0.4, -0.2) is 45.5 Å². The van der Waals surface area contributed by atoms with Gasteiger partial charge in [0.1, 0.15) is 0 Å². The molecule has 0 aliphatic carbocycles. The number of Topliss-reactive ketones (excluding diaryl/α,β-unsaturated/α-hetero) is 1. The summed E-state index contributed by atoms with van der Waals surface area (Å²) in [6, 6.07) is 12.3. The van der Waals surface area contributed by atoms with E-state index in [-0.39, 0.29) is 24.3 Å². The Morgan fingerprint density at radius 2 is 1.83 bits per heavy atom. The Morgan fingerprint density at radius 3 is 2.50 bits per heavy atom. The van der Waals surface area contributed by atoms with Gasteiger partial charge in [-0.1, -0.05) is 18.2 Å². The van der Waals surface area contributed by atoms with E-state index in [2.05, 4.69) is 16.1 Å². The zero-order valence-electron chi connectivity index (χ0n) is 17.4. The molecule has 30 heavy (non-hydrogen) atoms. The van der Waals surface area contributed by atoms with Crippen molar-refractivity contribution in [2.75, 3.05) is 29.0 Å². The second-order valence-electron chi connectivity index (χ2n) is 7.70. The Kier molecular flexibility index (Phi) is 6.58. The number of sulfonamides is 1. The largest absolute Gasteiger partial charge is 0.308 e. The lowest BCUT2D eigenvalue weighted by molar-refractivity contribution is -0.119. The van der Waals surface area contributed by atoms with Gasteiger partial charge in [0.25, 0.3) is 0 Å². The molecule has 2 aromatic rings. The molecule has 2 N–H and O–H groups in total. The Hall–Kier alpha value is -2.71. The number of fused-ring (bicyclic) bond motifs is 1. The number of hydrogen-bond acceptors (Lipinski definition) is 5. The van der Waals surface area contributed by atoms with Crippen molar-refractivity contribution in [3.63, 3.8) is 0 Å². The molecular formula is C22H27N3O4S. The molecule has 1 heterocycles. The van der Waals surface area contributed by atoms with Gasteiger partial charge in [-0.15, -0.1) is 0 Å². The predicted octanol–water partition coefficient (Wildman–Crippen LogP) is 2.51. The highest BCUT2D eigenvalue weighted by Crippen LogP contribution is 2.32. The molecule has 1 unspecified atom stereocenters. The van der Waals surface area contributed by atoms with Crippen molar-refractivity contribution in [2.24, 2.45) is 0 Å². The second-order valence-corrected chi connectivity index (χ2v) is 9.45. The first-order valence-corrected chi connectivity index (χ1v) is 11.8. The molecule has 0 spiro atoms. The Labute approximate surface area is 177 Å². The summed E-state index contributed by atoms with van der Waals surface area (Å²) in [6.07, 6.45) is 2.33. The van der Waals surface area contributed by atoms with Gasteiger partial charge in [-0.05, 0) is 55.7 Å².